The number of fused-ring (bicyclic) bond motifs is 1. The van der Waals surface area contributed by atoms with Crippen LogP contribution in [0.2, 0.25) is 0 Å². The van der Waals surface area contributed by atoms with E-state index in [0.717, 1.165) is 25.0 Å². The maximum absolute atomic E-state index is 11.2. The van der Waals surface area contributed by atoms with Crippen molar-refractivity contribution in [2.45, 2.75) is 38.3 Å². The van der Waals surface area contributed by atoms with E-state index in [2.05, 4.69) is 5.32 Å². The highest BCUT2D eigenvalue weighted by molar-refractivity contribution is 7.90. The molecule has 0 aromatic carbocycles. The van der Waals surface area contributed by atoms with Crippen molar-refractivity contribution in [3.05, 3.63) is 23.7 Å². The molecule has 17 heavy (non-hydrogen) atoms. The van der Waals surface area contributed by atoms with E-state index in [0.29, 0.717) is 0 Å². The van der Waals surface area contributed by atoms with Gasteiger partial charge in [-0.2, -0.15) is 0 Å². The highest BCUT2D eigenvalue weighted by atomic mass is 32.2. The van der Waals surface area contributed by atoms with Gasteiger partial charge in [0.15, 0.2) is 0 Å². The minimum Gasteiger partial charge on any atom is -0.469 e. The van der Waals surface area contributed by atoms with Gasteiger partial charge in [0.25, 0.3) is 0 Å². The number of hydrogen-bond acceptors (Lipinski definition) is 4. The molecular formula is C12H19NO3S. The Morgan fingerprint density at radius 2 is 2.35 bits per heavy atom. The average molecular weight is 257 g/mol. The van der Waals surface area contributed by atoms with Crippen LogP contribution in [-0.2, 0) is 16.3 Å². The highest BCUT2D eigenvalue weighted by Crippen LogP contribution is 2.30. The van der Waals surface area contributed by atoms with Gasteiger partial charge in [-0.05, 0) is 25.8 Å². The van der Waals surface area contributed by atoms with Gasteiger partial charge in [0.1, 0.15) is 15.6 Å². The van der Waals surface area contributed by atoms with Gasteiger partial charge in [-0.1, -0.05) is 0 Å². The number of nitrogens with one attached hydrogen (secondary N) is 1. The second kappa shape index (κ2) is 4.82. The van der Waals surface area contributed by atoms with Crippen LogP contribution in [0.3, 0.4) is 0 Å². The molecule has 0 bridgehead atoms. The summed E-state index contributed by atoms with van der Waals surface area (Å²) in [6.07, 6.45) is 6.10. The molecule has 0 fully saturated rings. The zero-order chi connectivity index (χ0) is 12.5. The van der Waals surface area contributed by atoms with Crippen molar-refractivity contribution in [2.24, 2.45) is 0 Å². The molecule has 1 aromatic heterocycles. The molecule has 0 radical (unpaired) electrons. The van der Waals surface area contributed by atoms with E-state index in [1.165, 1.54) is 11.8 Å². The van der Waals surface area contributed by atoms with Crippen LogP contribution in [0.4, 0.5) is 0 Å². The molecule has 4 nitrogen and oxygen atoms in total. The van der Waals surface area contributed by atoms with Crippen LogP contribution < -0.4 is 5.32 Å². The predicted octanol–water partition coefficient (Wildman–Crippen LogP) is 1.68. The first-order chi connectivity index (χ1) is 7.96. The first kappa shape index (κ1) is 12.6. The van der Waals surface area contributed by atoms with E-state index < -0.39 is 9.84 Å². The van der Waals surface area contributed by atoms with Crippen molar-refractivity contribution in [1.82, 2.24) is 5.32 Å². The SMILES string of the molecule is CC(CS(C)(=O)=O)NC1CCCc2occc21. The Kier molecular flexibility index (Phi) is 3.58. The second-order valence-corrected chi connectivity index (χ2v) is 7.09. The third-order valence-corrected chi connectivity index (χ3v) is 4.20. The zero-order valence-corrected chi connectivity index (χ0v) is 11.1. The number of furan rings is 1. The lowest BCUT2D eigenvalue weighted by atomic mass is 9.93. The molecule has 96 valence electrons. The first-order valence-corrected chi connectivity index (χ1v) is 8.02. The van der Waals surface area contributed by atoms with E-state index in [1.807, 2.05) is 13.0 Å². The molecule has 0 spiro atoms. The predicted molar refractivity (Wildman–Crippen MR) is 66.7 cm³/mol. The van der Waals surface area contributed by atoms with Crippen molar-refractivity contribution in [3.63, 3.8) is 0 Å². The molecule has 0 saturated carbocycles. The quantitative estimate of drug-likeness (QED) is 0.891. The van der Waals surface area contributed by atoms with Crippen LogP contribution in [0, 0.1) is 0 Å². The number of hydrogen-bond donors (Lipinski definition) is 1. The van der Waals surface area contributed by atoms with E-state index in [-0.39, 0.29) is 17.8 Å². The molecule has 2 atom stereocenters. The summed E-state index contributed by atoms with van der Waals surface area (Å²) in [5.41, 5.74) is 1.19. The molecule has 2 rings (SSSR count). The topological polar surface area (TPSA) is 59.3 Å². The molecular weight excluding hydrogens is 238 g/mol. The summed E-state index contributed by atoms with van der Waals surface area (Å²) >= 11 is 0. The maximum Gasteiger partial charge on any atom is 0.148 e. The number of sulfone groups is 1. The van der Waals surface area contributed by atoms with Crippen molar-refractivity contribution in [1.29, 1.82) is 0 Å². The van der Waals surface area contributed by atoms with Crippen molar-refractivity contribution >= 4 is 9.84 Å². The van der Waals surface area contributed by atoms with E-state index in [1.54, 1.807) is 6.26 Å². The smallest absolute Gasteiger partial charge is 0.148 e. The second-order valence-electron chi connectivity index (χ2n) is 4.90. The van der Waals surface area contributed by atoms with Gasteiger partial charge in [0.2, 0.25) is 0 Å². The van der Waals surface area contributed by atoms with Crippen LogP contribution in [0.15, 0.2) is 16.7 Å². The van der Waals surface area contributed by atoms with Crippen LogP contribution in [0.5, 0.6) is 0 Å². The minimum atomic E-state index is -2.92. The summed E-state index contributed by atoms with van der Waals surface area (Å²) in [5.74, 6) is 1.22. The Morgan fingerprint density at radius 1 is 1.59 bits per heavy atom. The van der Waals surface area contributed by atoms with E-state index in [4.69, 9.17) is 4.42 Å². The standard InChI is InChI=1S/C12H19NO3S/c1-9(8-17(2,14)15)13-11-4-3-5-12-10(11)6-7-16-12/h6-7,9,11,13H,3-5,8H2,1-2H3. The third-order valence-electron chi connectivity index (χ3n) is 3.09. The van der Waals surface area contributed by atoms with Crippen LogP contribution in [0.25, 0.3) is 0 Å². The van der Waals surface area contributed by atoms with Gasteiger partial charge in [-0.3, -0.25) is 0 Å². The Hall–Kier alpha value is -0.810. The summed E-state index contributed by atoms with van der Waals surface area (Å²) < 4.78 is 27.9. The fourth-order valence-corrected chi connectivity index (χ4v) is 3.51. The fraction of sp³-hybridized carbons (Fsp3) is 0.667. The summed E-state index contributed by atoms with van der Waals surface area (Å²) in [6.45, 7) is 1.91. The lowest BCUT2D eigenvalue weighted by Crippen LogP contribution is -2.36. The third kappa shape index (κ3) is 3.33. The molecule has 0 aliphatic heterocycles. The molecule has 1 N–H and O–H groups in total. The molecule has 1 aliphatic carbocycles. The molecule has 1 aromatic rings. The lowest BCUT2D eigenvalue weighted by Gasteiger charge is -2.26. The zero-order valence-electron chi connectivity index (χ0n) is 10.3. The van der Waals surface area contributed by atoms with Crippen LogP contribution in [-0.4, -0.2) is 26.5 Å². The van der Waals surface area contributed by atoms with Crippen molar-refractivity contribution < 1.29 is 12.8 Å². The summed E-state index contributed by atoms with van der Waals surface area (Å²) in [7, 11) is -2.92. The Bertz CT molecular complexity index is 478. The fourth-order valence-electron chi connectivity index (χ4n) is 2.51. The van der Waals surface area contributed by atoms with Gasteiger partial charge in [0.05, 0.1) is 12.0 Å². The Labute approximate surface area is 102 Å². The molecule has 0 saturated heterocycles. The molecule has 1 aliphatic rings. The van der Waals surface area contributed by atoms with Gasteiger partial charge in [-0.15, -0.1) is 0 Å². The van der Waals surface area contributed by atoms with Gasteiger partial charge in [-0.25, -0.2) is 8.42 Å². The Morgan fingerprint density at radius 3 is 3.06 bits per heavy atom. The Balaban J connectivity index is 2.02. The van der Waals surface area contributed by atoms with Crippen molar-refractivity contribution in [2.75, 3.05) is 12.0 Å². The molecule has 2 unspecified atom stereocenters. The monoisotopic (exact) mass is 257 g/mol. The van der Waals surface area contributed by atoms with E-state index in [9.17, 15) is 8.42 Å². The maximum atomic E-state index is 11.2. The molecule has 1 heterocycles. The minimum absolute atomic E-state index is 0.0316. The summed E-state index contributed by atoms with van der Waals surface area (Å²) in [4.78, 5) is 0. The normalized spacial score (nSPS) is 22.1. The van der Waals surface area contributed by atoms with Crippen molar-refractivity contribution in [3.8, 4) is 0 Å². The van der Waals surface area contributed by atoms with Gasteiger partial charge >= 0.3 is 0 Å². The lowest BCUT2D eigenvalue weighted by molar-refractivity contribution is 0.391. The first-order valence-electron chi connectivity index (χ1n) is 5.96. The largest absolute Gasteiger partial charge is 0.469 e. The average Bonchev–Trinajstić information content (AvgIpc) is 2.63. The number of aryl methyl sites for hydroxylation is 1. The highest BCUT2D eigenvalue weighted by Gasteiger charge is 2.24. The van der Waals surface area contributed by atoms with Crippen LogP contribution in [0.1, 0.15) is 37.1 Å². The molecule has 5 heteroatoms. The van der Waals surface area contributed by atoms with Crippen LogP contribution >= 0.6 is 0 Å². The molecule has 0 amide bonds. The van der Waals surface area contributed by atoms with E-state index >= 15 is 0 Å². The summed E-state index contributed by atoms with van der Waals surface area (Å²) in [6, 6.07) is 2.18. The van der Waals surface area contributed by atoms with Gasteiger partial charge < -0.3 is 9.73 Å². The number of rotatable bonds is 4. The summed E-state index contributed by atoms with van der Waals surface area (Å²) in [5, 5.41) is 3.38. The van der Waals surface area contributed by atoms with Gasteiger partial charge in [0, 0.05) is 30.3 Å².